The van der Waals surface area contributed by atoms with Gasteiger partial charge in [-0.05, 0) is 65.6 Å². The number of benzene rings is 2. The largest absolute Gasteiger partial charge is 0.369 e. The molecule has 0 aromatic heterocycles. The van der Waals surface area contributed by atoms with Crippen LogP contribution in [0.25, 0.3) is 5.57 Å². The third-order valence-electron chi connectivity index (χ3n) is 5.24. The molecule has 2 nitrogen and oxygen atoms in total. The first kappa shape index (κ1) is 18.9. The van der Waals surface area contributed by atoms with E-state index in [-0.39, 0.29) is 5.54 Å². The highest BCUT2D eigenvalue weighted by molar-refractivity contribution is 7.98. The van der Waals surface area contributed by atoms with Gasteiger partial charge in [-0.2, -0.15) is 0 Å². The number of nitrogens with two attached hydrogens (primary N) is 1. The van der Waals surface area contributed by atoms with Gasteiger partial charge in [0.25, 0.3) is 0 Å². The molecule has 1 aliphatic carbocycles. The highest BCUT2D eigenvalue weighted by Gasteiger charge is 2.44. The van der Waals surface area contributed by atoms with Gasteiger partial charge in [-0.25, -0.2) is 0 Å². The van der Waals surface area contributed by atoms with Crippen molar-refractivity contribution < 1.29 is 0 Å². The molecular weight excluding hydrogens is 395 g/mol. The van der Waals surface area contributed by atoms with Gasteiger partial charge in [0.15, 0.2) is 0 Å². The number of halogens is 2. The zero-order valence-electron chi connectivity index (χ0n) is 15.2. The summed E-state index contributed by atoms with van der Waals surface area (Å²) in [5.74, 6) is 0. The van der Waals surface area contributed by atoms with Gasteiger partial charge in [-0.3, -0.25) is 0 Å². The van der Waals surface area contributed by atoms with Crippen molar-refractivity contribution in [3.05, 3.63) is 81.5 Å². The Morgan fingerprint density at radius 1 is 1.15 bits per heavy atom. The van der Waals surface area contributed by atoms with Crippen LogP contribution in [0.15, 0.2) is 65.2 Å². The summed E-state index contributed by atoms with van der Waals surface area (Å²) in [7, 11) is 0. The maximum atomic E-state index is 6.66. The second-order valence-corrected chi connectivity index (χ2v) is 8.87. The van der Waals surface area contributed by atoms with Crippen LogP contribution in [0.2, 0.25) is 10.0 Å². The molecule has 0 spiro atoms. The molecule has 1 saturated carbocycles. The first-order valence-electron chi connectivity index (χ1n) is 9.03. The topological polar surface area (TPSA) is 29.3 Å². The smallest absolute Gasteiger partial charge is 0.0456 e. The van der Waals surface area contributed by atoms with Gasteiger partial charge in [0, 0.05) is 39.8 Å². The molecule has 2 aromatic rings. The van der Waals surface area contributed by atoms with Crippen molar-refractivity contribution in [3.63, 3.8) is 0 Å². The second-order valence-electron chi connectivity index (χ2n) is 7.18. The first-order chi connectivity index (χ1) is 13.0. The Kier molecular flexibility index (Phi) is 5.30. The Labute approximate surface area is 175 Å². The third kappa shape index (κ3) is 3.93. The number of rotatable bonds is 5. The summed E-state index contributed by atoms with van der Waals surface area (Å²) >= 11 is 14.3. The Morgan fingerprint density at radius 3 is 2.67 bits per heavy atom. The standard InChI is InChI=1S/C22H22Cl2N2S/c1-27-21-5-3-2-4-18(21)17-8-11-26(14-19(17)22(25)9-10-22)13-15-12-16(23)6-7-20(15)24/h2-8,12,14H,9-11,13,25H2,1H3. The third-order valence-corrected chi connectivity index (χ3v) is 6.63. The molecule has 0 atom stereocenters. The highest BCUT2D eigenvalue weighted by atomic mass is 35.5. The van der Waals surface area contributed by atoms with Crippen LogP contribution in [0, 0.1) is 0 Å². The fourth-order valence-electron chi connectivity index (χ4n) is 3.54. The predicted molar refractivity (Wildman–Crippen MR) is 117 cm³/mol. The highest BCUT2D eigenvalue weighted by Crippen LogP contribution is 2.47. The summed E-state index contributed by atoms with van der Waals surface area (Å²) < 4.78 is 0. The van der Waals surface area contributed by atoms with Crippen LogP contribution in [0.5, 0.6) is 0 Å². The molecule has 5 heteroatoms. The Balaban J connectivity index is 1.67. The monoisotopic (exact) mass is 416 g/mol. The molecular formula is C22H22Cl2N2S. The summed E-state index contributed by atoms with van der Waals surface area (Å²) in [6.45, 7) is 1.54. The van der Waals surface area contributed by atoms with Crippen LogP contribution >= 0.6 is 35.0 Å². The summed E-state index contributed by atoms with van der Waals surface area (Å²) in [6.07, 6.45) is 8.72. The van der Waals surface area contributed by atoms with Crippen molar-refractivity contribution in [2.75, 3.05) is 12.8 Å². The van der Waals surface area contributed by atoms with Gasteiger partial charge in [0.05, 0.1) is 0 Å². The molecule has 27 heavy (non-hydrogen) atoms. The zero-order chi connectivity index (χ0) is 19.0. The molecule has 0 bridgehead atoms. The minimum Gasteiger partial charge on any atom is -0.369 e. The van der Waals surface area contributed by atoms with Crippen LogP contribution in [0.4, 0.5) is 0 Å². The average molecular weight is 417 g/mol. The molecule has 2 N–H and O–H groups in total. The van der Waals surface area contributed by atoms with E-state index >= 15 is 0 Å². The van der Waals surface area contributed by atoms with Gasteiger partial charge in [0.2, 0.25) is 0 Å². The van der Waals surface area contributed by atoms with Gasteiger partial charge < -0.3 is 10.6 Å². The Bertz CT molecular complexity index is 932. The van der Waals surface area contributed by atoms with E-state index in [4.69, 9.17) is 28.9 Å². The van der Waals surface area contributed by atoms with Gasteiger partial charge in [-0.15, -0.1) is 11.8 Å². The molecule has 1 fully saturated rings. The molecule has 2 aromatic carbocycles. The summed E-state index contributed by atoms with van der Waals surface area (Å²) in [4.78, 5) is 3.55. The molecule has 0 unspecified atom stereocenters. The van der Waals surface area contributed by atoms with Crippen LogP contribution < -0.4 is 5.73 Å². The molecule has 1 aliphatic heterocycles. The lowest BCUT2D eigenvalue weighted by Gasteiger charge is -2.30. The maximum Gasteiger partial charge on any atom is 0.0456 e. The molecule has 0 saturated heterocycles. The van der Waals surface area contributed by atoms with E-state index in [1.165, 1.54) is 21.6 Å². The fraction of sp³-hybridized carbons (Fsp3) is 0.273. The Hall–Kier alpha value is -1.39. The van der Waals surface area contributed by atoms with Gasteiger partial charge >= 0.3 is 0 Å². The van der Waals surface area contributed by atoms with Gasteiger partial charge in [0.1, 0.15) is 0 Å². The van der Waals surface area contributed by atoms with Crippen molar-refractivity contribution in [3.8, 4) is 0 Å². The molecule has 4 rings (SSSR count). The minimum atomic E-state index is -0.214. The summed E-state index contributed by atoms with van der Waals surface area (Å²) in [6, 6.07) is 14.2. The van der Waals surface area contributed by atoms with Crippen molar-refractivity contribution in [2.45, 2.75) is 29.8 Å². The lowest BCUT2D eigenvalue weighted by molar-refractivity contribution is 0.400. The van der Waals surface area contributed by atoms with E-state index in [1.54, 1.807) is 11.8 Å². The molecule has 0 amide bonds. The molecule has 2 aliphatic rings. The van der Waals surface area contributed by atoms with E-state index in [2.05, 4.69) is 47.7 Å². The van der Waals surface area contributed by atoms with E-state index in [9.17, 15) is 0 Å². The SMILES string of the molecule is CSc1ccccc1C1=CCN(Cc2cc(Cl)ccc2Cl)C=C1C1(N)CC1. The van der Waals surface area contributed by atoms with Crippen LogP contribution in [-0.4, -0.2) is 23.2 Å². The second kappa shape index (κ2) is 7.56. The normalized spacial score (nSPS) is 18.1. The van der Waals surface area contributed by atoms with Crippen molar-refractivity contribution in [1.82, 2.24) is 4.90 Å². The predicted octanol–water partition coefficient (Wildman–Crippen LogP) is 5.99. The first-order valence-corrected chi connectivity index (χ1v) is 11.0. The maximum absolute atomic E-state index is 6.66. The molecule has 140 valence electrons. The fourth-order valence-corrected chi connectivity index (χ4v) is 4.52. The zero-order valence-corrected chi connectivity index (χ0v) is 17.5. The van der Waals surface area contributed by atoms with Crippen molar-refractivity contribution in [2.24, 2.45) is 5.73 Å². The lowest BCUT2D eigenvalue weighted by Crippen LogP contribution is -2.31. The van der Waals surface area contributed by atoms with E-state index in [0.717, 1.165) is 30.0 Å². The van der Waals surface area contributed by atoms with Crippen LogP contribution in [0.1, 0.15) is 24.0 Å². The van der Waals surface area contributed by atoms with E-state index in [0.29, 0.717) is 11.6 Å². The molecule has 0 radical (unpaired) electrons. The van der Waals surface area contributed by atoms with Crippen LogP contribution in [-0.2, 0) is 6.54 Å². The number of thioether (sulfide) groups is 1. The summed E-state index contributed by atoms with van der Waals surface area (Å²) in [5.41, 5.74) is 11.3. The molecule has 1 heterocycles. The van der Waals surface area contributed by atoms with E-state index in [1.807, 2.05) is 18.2 Å². The van der Waals surface area contributed by atoms with E-state index < -0.39 is 0 Å². The number of hydrogen-bond acceptors (Lipinski definition) is 3. The number of nitrogens with zero attached hydrogens (tertiary/aromatic N) is 1. The van der Waals surface area contributed by atoms with Gasteiger partial charge in [-0.1, -0.05) is 47.5 Å². The minimum absolute atomic E-state index is 0.214. The summed E-state index contributed by atoms with van der Waals surface area (Å²) in [5, 5.41) is 1.45. The Morgan fingerprint density at radius 2 is 1.93 bits per heavy atom. The number of hydrogen-bond donors (Lipinski definition) is 1. The van der Waals surface area contributed by atoms with Crippen molar-refractivity contribution in [1.29, 1.82) is 0 Å². The average Bonchev–Trinajstić information content (AvgIpc) is 3.43. The lowest BCUT2D eigenvalue weighted by atomic mass is 9.89. The van der Waals surface area contributed by atoms with Crippen molar-refractivity contribution >= 4 is 40.5 Å². The quantitative estimate of drug-likeness (QED) is 0.606. The van der Waals surface area contributed by atoms with Crippen LogP contribution in [0.3, 0.4) is 0 Å².